The minimum Gasteiger partial charge on any atom is -0.382 e. The molecule has 1 unspecified atom stereocenters. The van der Waals surface area contributed by atoms with Crippen molar-refractivity contribution in [3.8, 4) is 0 Å². The third-order valence-corrected chi connectivity index (χ3v) is 7.88. The van der Waals surface area contributed by atoms with Gasteiger partial charge in [-0.2, -0.15) is 0 Å². The van der Waals surface area contributed by atoms with Crippen LogP contribution in [0.3, 0.4) is 0 Å². The average molecular weight is 541 g/mol. The summed E-state index contributed by atoms with van der Waals surface area (Å²) in [4.78, 5) is 0.555. The molecule has 38 heavy (non-hydrogen) atoms. The maximum Gasteiger partial charge on any atom is 0.154 e. The van der Waals surface area contributed by atoms with E-state index in [0.29, 0.717) is 23.0 Å². The van der Waals surface area contributed by atoms with Crippen molar-refractivity contribution in [2.45, 2.75) is 56.1 Å². The fraction of sp³-hybridized carbons (Fsp3) is 0.321. The summed E-state index contributed by atoms with van der Waals surface area (Å²) in [6, 6.07) is 17.9. The van der Waals surface area contributed by atoms with Crippen LogP contribution in [0, 0.1) is 11.6 Å². The number of hydrogen-bond acceptors (Lipinski definition) is 5. The van der Waals surface area contributed by atoms with Gasteiger partial charge in [0, 0.05) is 30.9 Å². The molecule has 1 saturated carbocycles. The zero-order chi connectivity index (χ0) is 27.1. The summed E-state index contributed by atoms with van der Waals surface area (Å²) < 4.78 is 41.6. The number of halogens is 2. The first-order chi connectivity index (χ1) is 18.3. The van der Waals surface area contributed by atoms with E-state index in [1.165, 1.54) is 48.6 Å². The highest BCUT2D eigenvalue weighted by molar-refractivity contribution is 7.82. The second-order valence-corrected chi connectivity index (χ2v) is 11.2. The van der Waals surface area contributed by atoms with E-state index in [2.05, 4.69) is 10.4 Å². The van der Waals surface area contributed by atoms with E-state index in [-0.39, 0.29) is 24.0 Å². The molecule has 0 bridgehead atoms. The predicted octanol–water partition coefficient (Wildman–Crippen LogP) is 4.86. The lowest BCUT2D eigenvalue weighted by molar-refractivity contribution is 0.290. The van der Waals surface area contributed by atoms with Crippen molar-refractivity contribution in [2.75, 3.05) is 12.4 Å². The van der Waals surface area contributed by atoms with Gasteiger partial charge in [0.2, 0.25) is 0 Å². The first-order valence-electron chi connectivity index (χ1n) is 12.7. The molecule has 5 N–H and O–H groups in total. The largest absolute Gasteiger partial charge is 0.382 e. The molecule has 3 aromatic rings. The van der Waals surface area contributed by atoms with Gasteiger partial charge in [0.25, 0.3) is 0 Å². The van der Waals surface area contributed by atoms with Crippen molar-refractivity contribution in [3.63, 3.8) is 0 Å². The van der Waals surface area contributed by atoms with Crippen LogP contribution >= 0.6 is 0 Å². The second kappa shape index (κ2) is 12.9. The fourth-order valence-corrected chi connectivity index (χ4v) is 5.56. The summed E-state index contributed by atoms with van der Waals surface area (Å²) in [5.41, 5.74) is 9.47. The predicted molar refractivity (Wildman–Crippen MR) is 148 cm³/mol. The van der Waals surface area contributed by atoms with Crippen molar-refractivity contribution >= 4 is 22.5 Å². The molecule has 0 spiro atoms. The quantitative estimate of drug-likeness (QED) is 0.148. The van der Waals surface area contributed by atoms with Crippen LogP contribution in [0.15, 0.2) is 76.7 Å². The second-order valence-electron chi connectivity index (χ2n) is 9.56. The van der Waals surface area contributed by atoms with Crippen LogP contribution in [0.5, 0.6) is 0 Å². The van der Waals surface area contributed by atoms with Crippen LogP contribution in [-0.4, -0.2) is 32.6 Å². The molecule has 0 heterocycles. The van der Waals surface area contributed by atoms with Gasteiger partial charge in [-0.15, -0.1) is 5.10 Å². The maximum absolute atomic E-state index is 13.4. The molecule has 1 aliphatic rings. The monoisotopic (exact) mass is 540 g/mol. The third kappa shape index (κ3) is 7.59. The molecule has 3 aromatic carbocycles. The number of nitrogens with one attached hydrogen (secondary N) is 1. The van der Waals surface area contributed by atoms with Crippen LogP contribution in [0.1, 0.15) is 48.8 Å². The molecule has 1 fully saturated rings. The van der Waals surface area contributed by atoms with E-state index in [0.717, 1.165) is 29.7 Å². The van der Waals surface area contributed by atoms with Gasteiger partial charge in [-0.3, -0.25) is 0 Å². The number of anilines is 1. The van der Waals surface area contributed by atoms with Gasteiger partial charge >= 0.3 is 0 Å². The Labute approximate surface area is 225 Å². The summed E-state index contributed by atoms with van der Waals surface area (Å²) in [7, 11) is 0.244. The number of hydrogen-bond donors (Lipinski definition) is 3. The Morgan fingerprint density at radius 3 is 2.13 bits per heavy atom. The molecule has 4 rings (SSSR count). The van der Waals surface area contributed by atoms with E-state index >= 15 is 0 Å². The zero-order valence-electron chi connectivity index (χ0n) is 21.4. The molecule has 7 nitrogen and oxygen atoms in total. The molecule has 10 heteroatoms. The highest BCUT2D eigenvalue weighted by Crippen LogP contribution is 2.26. The fourth-order valence-electron chi connectivity index (χ4n) is 4.53. The van der Waals surface area contributed by atoms with Crippen molar-refractivity contribution in [1.82, 2.24) is 9.42 Å². The molecule has 0 aliphatic heterocycles. The zero-order valence-corrected chi connectivity index (χ0v) is 22.3. The number of benzene rings is 3. The summed E-state index contributed by atoms with van der Waals surface area (Å²) in [6.45, 7) is 0.612. The van der Waals surface area contributed by atoms with Gasteiger partial charge in [-0.1, -0.05) is 43.5 Å². The minimum atomic E-state index is -1.50. The molecular weight excluding hydrogens is 506 g/mol. The lowest BCUT2D eigenvalue weighted by Gasteiger charge is -2.26. The highest BCUT2D eigenvalue weighted by atomic mass is 32.2. The topological polar surface area (TPSA) is 100.0 Å². The van der Waals surface area contributed by atoms with Crippen molar-refractivity contribution < 1.29 is 13.0 Å². The third-order valence-electron chi connectivity index (χ3n) is 6.53. The Morgan fingerprint density at radius 2 is 1.53 bits per heavy atom. The summed E-state index contributed by atoms with van der Waals surface area (Å²) in [6.07, 6.45) is 5.71. The van der Waals surface area contributed by atoms with Crippen LogP contribution in [0.25, 0.3) is 0 Å². The molecule has 1 atom stereocenters. The van der Waals surface area contributed by atoms with Crippen molar-refractivity contribution in [2.24, 2.45) is 16.7 Å². The van der Waals surface area contributed by atoms with Gasteiger partial charge in [0.1, 0.15) is 22.6 Å². The molecule has 0 saturated heterocycles. The number of nitrogens with zero attached hydrogens (tertiary/aromatic N) is 3. The van der Waals surface area contributed by atoms with Gasteiger partial charge in [0.15, 0.2) is 5.84 Å². The van der Waals surface area contributed by atoms with Crippen LogP contribution in [0.2, 0.25) is 0 Å². The summed E-state index contributed by atoms with van der Waals surface area (Å²) >= 11 is 0. The Morgan fingerprint density at radius 1 is 0.947 bits per heavy atom. The van der Waals surface area contributed by atoms with Crippen LogP contribution < -0.4 is 16.9 Å². The highest BCUT2D eigenvalue weighted by Gasteiger charge is 2.19. The van der Waals surface area contributed by atoms with Gasteiger partial charge in [0.05, 0.1) is 11.4 Å². The van der Waals surface area contributed by atoms with Crippen LogP contribution in [-0.2, 0) is 24.1 Å². The lowest BCUT2D eigenvalue weighted by Crippen LogP contribution is -2.30. The van der Waals surface area contributed by atoms with E-state index in [9.17, 15) is 13.0 Å². The first kappa shape index (κ1) is 27.7. The van der Waals surface area contributed by atoms with E-state index < -0.39 is 11.0 Å². The Bertz CT molecular complexity index is 1260. The Balaban J connectivity index is 1.57. The van der Waals surface area contributed by atoms with Gasteiger partial charge < -0.3 is 11.1 Å². The smallest absolute Gasteiger partial charge is 0.154 e. The number of hydrazone groups is 1. The number of hydrazine groups is 1. The SMILES string of the molecule is CN(Cc1ccc(F)cc1)S(=O)c1ccc(NC2CCCCC2)c(/C(N)=N/N(N)Cc2ccc(F)cc2)c1. The Kier molecular flexibility index (Phi) is 9.43. The molecule has 202 valence electrons. The van der Waals surface area contributed by atoms with Gasteiger partial charge in [-0.25, -0.2) is 28.3 Å². The molecule has 0 amide bonds. The van der Waals surface area contributed by atoms with Crippen LogP contribution in [0.4, 0.5) is 14.5 Å². The summed E-state index contributed by atoms with van der Waals surface area (Å²) in [5.74, 6) is 5.65. The molecule has 0 aromatic heterocycles. The molecular formula is C28H34F2N6OS. The normalized spacial score (nSPS) is 15.4. The first-order valence-corrected chi connectivity index (χ1v) is 13.8. The number of nitrogens with two attached hydrogens (primary N) is 2. The standard InChI is InChI=1S/C28H34F2N6OS/c1-35(18-20-7-11-22(29)12-8-20)38(37)25-15-16-27(33-24-5-3-2-4-6-24)26(17-25)28(31)34-36(32)19-21-9-13-23(30)14-10-21/h7-17,24,33H,2-6,18-19,32H2,1H3,(H2,31,34). The van der Waals surface area contributed by atoms with E-state index in [1.54, 1.807) is 41.7 Å². The average Bonchev–Trinajstić information content (AvgIpc) is 2.91. The number of rotatable bonds is 10. The van der Waals surface area contributed by atoms with Crippen molar-refractivity contribution in [3.05, 3.63) is 95.1 Å². The number of amidine groups is 1. The molecule has 1 aliphatic carbocycles. The summed E-state index contributed by atoms with van der Waals surface area (Å²) in [5, 5.41) is 9.16. The lowest BCUT2D eigenvalue weighted by atomic mass is 9.95. The minimum absolute atomic E-state index is 0.174. The molecule has 0 radical (unpaired) electrons. The van der Waals surface area contributed by atoms with E-state index in [1.807, 2.05) is 12.1 Å². The Hall–Kier alpha value is -3.34. The maximum atomic E-state index is 13.4. The van der Waals surface area contributed by atoms with E-state index in [4.69, 9.17) is 11.6 Å². The van der Waals surface area contributed by atoms with Crippen molar-refractivity contribution in [1.29, 1.82) is 0 Å². The van der Waals surface area contributed by atoms with Gasteiger partial charge in [-0.05, 0) is 66.4 Å².